The fraction of sp³-hybridized carbons (Fsp3) is 0.643. The third-order valence-corrected chi connectivity index (χ3v) is 4.11. The highest BCUT2D eigenvalue weighted by Crippen LogP contribution is 2.24. The molecular formula is C14H21N5O2. The summed E-state index contributed by atoms with van der Waals surface area (Å²) in [6.45, 7) is 0.593. The molecule has 7 heteroatoms. The molecule has 0 bridgehead atoms. The van der Waals surface area contributed by atoms with Gasteiger partial charge in [0, 0.05) is 31.4 Å². The highest BCUT2D eigenvalue weighted by molar-refractivity contribution is 5.91. The van der Waals surface area contributed by atoms with Crippen molar-refractivity contribution >= 4 is 11.8 Å². The molecule has 1 aliphatic carbocycles. The Labute approximate surface area is 123 Å². The van der Waals surface area contributed by atoms with Crippen LogP contribution in [0.5, 0.6) is 0 Å². The van der Waals surface area contributed by atoms with E-state index in [9.17, 15) is 9.59 Å². The van der Waals surface area contributed by atoms with E-state index >= 15 is 0 Å². The lowest BCUT2D eigenvalue weighted by atomic mass is 10.1. The van der Waals surface area contributed by atoms with Crippen molar-refractivity contribution in [3.8, 4) is 0 Å². The third-order valence-electron chi connectivity index (χ3n) is 4.11. The summed E-state index contributed by atoms with van der Waals surface area (Å²) < 4.78 is 1.61. The summed E-state index contributed by atoms with van der Waals surface area (Å²) in [5, 5.41) is 7.01. The minimum Gasteiger partial charge on any atom is -0.352 e. The Morgan fingerprint density at radius 2 is 2.19 bits per heavy atom. The second-order valence-corrected chi connectivity index (χ2v) is 5.90. The second kappa shape index (κ2) is 5.48. The van der Waals surface area contributed by atoms with E-state index < -0.39 is 6.04 Å². The van der Waals surface area contributed by atoms with Crippen LogP contribution in [0.2, 0.25) is 0 Å². The molecule has 0 spiro atoms. The third kappa shape index (κ3) is 2.92. The van der Waals surface area contributed by atoms with Crippen molar-refractivity contribution in [3.05, 3.63) is 18.0 Å². The molecule has 1 saturated carbocycles. The van der Waals surface area contributed by atoms with Gasteiger partial charge in [-0.15, -0.1) is 0 Å². The molecule has 3 rings (SSSR count). The Bertz CT molecular complexity index is 551. The van der Waals surface area contributed by atoms with Gasteiger partial charge in [-0.25, -0.2) is 0 Å². The summed E-state index contributed by atoms with van der Waals surface area (Å²) in [5.41, 5.74) is 6.71. The summed E-state index contributed by atoms with van der Waals surface area (Å²) in [4.78, 5) is 26.4. The van der Waals surface area contributed by atoms with Gasteiger partial charge < -0.3 is 16.0 Å². The minimum atomic E-state index is -0.756. The number of aromatic nitrogens is 2. The monoisotopic (exact) mass is 291 g/mol. The number of hydrogen-bond acceptors (Lipinski definition) is 4. The molecule has 1 aromatic heterocycles. The van der Waals surface area contributed by atoms with Gasteiger partial charge in [0.15, 0.2) is 0 Å². The Balaban J connectivity index is 1.68. The lowest BCUT2D eigenvalue weighted by Gasteiger charge is -2.26. The first-order valence-electron chi connectivity index (χ1n) is 7.41. The number of carbonyl (C=O) groups excluding carboxylic acids is 2. The van der Waals surface area contributed by atoms with Crippen molar-refractivity contribution in [2.75, 3.05) is 6.54 Å². The van der Waals surface area contributed by atoms with Gasteiger partial charge in [0.05, 0.1) is 6.20 Å². The highest BCUT2D eigenvalue weighted by Gasteiger charge is 2.38. The van der Waals surface area contributed by atoms with Crippen molar-refractivity contribution in [1.82, 2.24) is 20.0 Å². The topological polar surface area (TPSA) is 93.2 Å². The van der Waals surface area contributed by atoms with Crippen molar-refractivity contribution in [3.63, 3.8) is 0 Å². The van der Waals surface area contributed by atoms with Crippen LogP contribution in [0.25, 0.3) is 0 Å². The van der Waals surface area contributed by atoms with Gasteiger partial charge in [0.2, 0.25) is 11.8 Å². The van der Waals surface area contributed by atoms with Crippen LogP contribution in [0.1, 0.15) is 37.3 Å². The van der Waals surface area contributed by atoms with Crippen LogP contribution in [-0.2, 0) is 16.6 Å². The van der Waals surface area contributed by atoms with E-state index in [2.05, 4.69) is 10.4 Å². The normalized spacial score (nSPS) is 23.1. The minimum absolute atomic E-state index is 0.0401. The Kier molecular flexibility index (Phi) is 3.67. The summed E-state index contributed by atoms with van der Waals surface area (Å²) in [7, 11) is 1.78. The van der Waals surface area contributed by atoms with Gasteiger partial charge in [0.25, 0.3) is 0 Å². The Morgan fingerprint density at radius 1 is 1.43 bits per heavy atom. The van der Waals surface area contributed by atoms with Gasteiger partial charge >= 0.3 is 0 Å². The number of likely N-dealkylation sites (tertiary alicyclic amines) is 1. The van der Waals surface area contributed by atoms with E-state index in [-0.39, 0.29) is 17.9 Å². The molecule has 21 heavy (non-hydrogen) atoms. The first kappa shape index (κ1) is 14.1. The zero-order chi connectivity index (χ0) is 15.0. The van der Waals surface area contributed by atoms with Crippen LogP contribution in [-0.4, -0.2) is 45.1 Å². The second-order valence-electron chi connectivity index (χ2n) is 5.90. The summed E-state index contributed by atoms with van der Waals surface area (Å²) in [6, 6.07) is -0.823. The molecule has 3 N–H and O–H groups in total. The molecule has 0 aromatic carbocycles. The van der Waals surface area contributed by atoms with E-state index in [0.717, 1.165) is 19.3 Å². The van der Waals surface area contributed by atoms with Crippen LogP contribution in [0.4, 0.5) is 0 Å². The summed E-state index contributed by atoms with van der Waals surface area (Å²) in [5.74, 6) is -0.238. The first-order chi connectivity index (χ1) is 10.1. The number of carbonyl (C=O) groups is 2. The maximum Gasteiger partial charge on any atom is 0.244 e. The molecule has 0 radical (unpaired) electrons. The summed E-state index contributed by atoms with van der Waals surface area (Å²) in [6.07, 6.45) is 6.97. The lowest BCUT2D eigenvalue weighted by Crippen LogP contribution is -2.49. The molecule has 1 aromatic rings. The molecule has 7 nitrogen and oxygen atoms in total. The maximum absolute atomic E-state index is 12.6. The largest absolute Gasteiger partial charge is 0.352 e. The van der Waals surface area contributed by atoms with Crippen LogP contribution < -0.4 is 11.1 Å². The van der Waals surface area contributed by atoms with Crippen molar-refractivity contribution < 1.29 is 9.59 Å². The molecule has 2 heterocycles. The number of nitrogens with zero attached hydrogens (tertiary/aromatic N) is 3. The van der Waals surface area contributed by atoms with Gasteiger partial charge in [-0.2, -0.15) is 5.10 Å². The van der Waals surface area contributed by atoms with Gasteiger partial charge in [-0.3, -0.25) is 14.3 Å². The van der Waals surface area contributed by atoms with Crippen LogP contribution in [0.15, 0.2) is 12.4 Å². The van der Waals surface area contributed by atoms with Gasteiger partial charge in [-0.1, -0.05) is 0 Å². The number of nitrogens with two attached hydrogens (primary N) is 1. The van der Waals surface area contributed by atoms with E-state index in [0.29, 0.717) is 24.6 Å². The molecule has 114 valence electrons. The predicted octanol–water partition coefficient (Wildman–Crippen LogP) is -0.310. The Hall–Kier alpha value is -1.89. The zero-order valence-electron chi connectivity index (χ0n) is 12.2. The fourth-order valence-electron chi connectivity index (χ4n) is 2.75. The van der Waals surface area contributed by atoms with Gasteiger partial charge in [0.1, 0.15) is 12.1 Å². The lowest BCUT2D eigenvalue weighted by molar-refractivity contribution is -0.139. The van der Waals surface area contributed by atoms with E-state index in [1.165, 1.54) is 0 Å². The Morgan fingerprint density at radius 3 is 2.81 bits per heavy atom. The smallest absolute Gasteiger partial charge is 0.244 e. The SMILES string of the molecule is Cn1cc(C(N)C(=O)N2CCCC2C(=O)NC2CC2)cn1. The molecule has 1 saturated heterocycles. The average Bonchev–Trinajstić information content (AvgIpc) is 2.98. The number of hydrogen-bond donors (Lipinski definition) is 2. The quantitative estimate of drug-likeness (QED) is 0.796. The first-order valence-corrected chi connectivity index (χ1v) is 7.41. The molecule has 2 atom stereocenters. The van der Waals surface area contributed by atoms with Crippen LogP contribution in [0, 0.1) is 0 Å². The molecule has 2 fully saturated rings. The van der Waals surface area contributed by atoms with E-state index in [1.54, 1.807) is 29.0 Å². The highest BCUT2D eigenvalue weighted by atomic mass is 16.2. The van der Waals surface area contributed by atoms with Gasteiger partial charge in [-0.05, 0) is 25.7 Å². The summed E-state index contributed by atoms with van der Waals surface area (Å²) >= 11 is 0. The maximum atomic E-state index is 12.6. The van der Waals surface area contributed by atoms with Crippen molar-refractivity contribution in [1.29, 1.82) is 0 Å². The zero-order valence-corrected chi connectivity index (χ0v) is 12.2. The average molecular weight is 291 g/mol. The van der Waals surface area contributed by atoms with E-state index in [1.807, 2.05) is 0 Å². The molecule has 2 unspecified atom stereocenters. The number of amides is 2. The molecule has 2 amide bonds. The van der Waals surface area contributed by atoms with E-state index in [4.69, 9.17) is 5.73 Å². The van der Waals surface area contributed by atoms with Crippen molar-refractivity contribution in [2.24, 2.45) is 12.8 Å². The number of nitrogens with one attached hydrogen (secondary N) is 1. The predicted molar refractivity (Wildman–Crippen MR) is 76.0 cm³/mol. The number of rotatable bonds is 4. The van der Waals surface area contributed by atoms with Crippen molar-refractivity contribution in [2.45, 2.75) is 43.8 Å². The van der Waals surface area contributed by atoms with Crippen LogP contribution >= 0.6 is 0 Å². The fourth-order valence-corrected chi connectivity index (χ4v) is 2.75. The van der Waals surface area contributed by atoms with Crippen LogP contribution in [0.3, 0.4) is 0 Å². The number of aryl methyl sites for hydroxylation is 1. The molecule has 2 aliphatic rings. The molecular weight excluding hydrogens is 270 g/mol. The molecule has 1 aliphatic heterocycles. The standard InChI is InChI=1S/C14H21N5O2/c1-18-8-9(7-16-18)12(15)14(21)19-6-2-3-11(19)13(20)17-10-4-5-10/h7-8,10-12H,2-6,15H2,1H3,(H,17,20).